The molecule has 1 heterocycles. The van der Waals surface area contributed by atoms with Crippen LogP contribution in [0.2, 0.25) is 0 Å². The normalized spacial score (nSPS) is 12.2. The van der Waals surface area contributed by atoms with Crippen molar-refractivity contribution < 1.29 is 4.79 Å². The van der Waals surface area contributed by atoms with Crippen LogP contribution in [0.25, 0.3) is 0 Å². The highest BCUT2D eigenvalue weighted by atomic mass is 16.2. The summed E-state index contributed by atoms with van der Waals surface area (Å²) in [5.41, 5.74) is 5.32. The van der Waals surface area contributed by atoms with E-state index in [-0.39, 0.29) is 5.91 Å². The lowest BCUT2D eigenvalue weighted by Crippen LogP contribution is -2.32. The molecular weight excluding hydrogens is 156 g/mol. The first kappa shape index (κ1) is 8.61. The number of anilines is 1. The molecule has 1 aromatic heterocycles. The fourth-order valence-electron chi connectivity index (χ4n) is 0.608. The molecule has 1 amide bonds. The number of carbonyl (C=O) groups excluding carboxylic acids is 1. The molecule has 1 aromatic rings. The van der Waals surface area contributed by atoms with Gasteiger partial charge in [0.1, 0.15) is 0 Å². The molecule has 0 bridgehead atoms. The fraction of sp³-hybridized carbons (Fsp3) is 0.286. The van der Waals surface area contributed by atoms with Gasteiger partial charge in [-0.05, 0) is 19.1 Å². The molecule has 12 heavy (non-hydrogen) atoms. The summed E-state index contributed by atoms with van der Waals surface area (Å²) < 4.78 is 0. The molecule has 1 rings (SSSR count). The van der Waals surface area contributed by atoms with E-state index in [1.807, 2.05) is 0 Å². The number of aromatic nitrogens is 2. The number of amides is 1. The van der Waals surface area contributed by atoms with Gasteiger partial charge < -0.3 is 11.1 Å². The van der Waals surface area contributed by atoms with Gasteiger partial charge in [-0.3, -0.25) is 4.79 Å². The molecule has 0 unspecified atom stereocenters. The van der Waals surface area contributed by atoms with E-state index in [0.717, 1.165) is 0 Å². The van der Waals surface area contributed by atoms with Crippen LogP contribution in [-0.2, 0) is 4.79 Å². The lowest BCUT2D eigenvalue weighted by molar-refractivity contribution is -0.117. The lowest BCUT2D eigenvalue weighted by Gasteiger charge is -2.04. The van der Waals surface area contributed by atoms with Gasteiger partial charge in [-0.2, -0.15) is 5.10 Å². The number of carbonyl (C=O) groups is 1. The van der Waals surface area contributed by atoms with Crippen LogP contribution in [0, 0.1) is 0 Å². The average Bonchev–Trinajstić information content (AvgIpc) is 2.06. The van der Waals surface area contributed by atoms with Crippen molar-refractivity contribution in [3.05, 3.63) is 18.3 Å². The molecule has 0 radical (unpaired) electrons. The highest BCUT2D eigenvalue weighted by Crippen LogP contribution is 1.97. The van der Waals surface area contributed by atoms with E-state index in [1.54, 1.807) is 19.1 Å². The third-order valence-electron chi connectivity index (χ3n) is 1.24. The van der Waals surface area contributed by atoms with Gasteiger partial charge in [0.25, 0.3) is 0 Å². The van der Waals surface area contributed by atoms with Crippen molar-refractivity contribution in [1.29, 1.82) is 0 Å². The maximum atomic E-state index is 11.0. The van der Waals surface area contributed by atoms with E-state index in [2.05, 4.69) is 15.5 Å². The van der Waals surface area contributed by atoms with Gasteiger partial charge in [0.05, 0.1) is 6.04 Å². The van der Waals surface area contributed by atoms with Crippen LogP contribution < -0.4 is 11.1 Å². The number of rotatable bonds is 2. The maximum absolute atomic E-state index is 11.0. The van der Waals surface area contributed by atoms with Gasteiger partial charge in [0.2, 0.25) is 5.91 Å². The van der Waals surface area contributed by atoms with Crippen molar-refractivity contribution in [1.82, 2.24) is 10.2 Å². The number of nitrogens with zero attached hydrogens (tertiary/aromatic N) is 2. The second-order valence-electron chi connectivity index (χ2n) is 2.39. The zero-order valence-corrected chi connectivity index (χ0v) is 6.69. The van der Waals surface area contributed by atoms with Gasteiger partial charge in [0, 0.05) is 6.20 Å². The Morgan fingerprint density at radius 2 is 2.50 bits per heavy atom. The summed E-state index contributed by atoms with van der Waals surface area (Å²) in [6.45, 7) is 1.60. The van der Waals surface area contributed by atoms with E-state index in [4.69, 9.17) is 5.73 Å². The largest absolute Gasteiger partial charge is 0.320 e. The molecule has 0 fully saturated rings. The molecule has 1 atom stereocenters. The van der Waals surface area contributed by atoms with Crippen LogP contribution in [0.1, 0.15) is 6.92 Å². The Balaban J connectivity index is 2.59. The first-order valence-electron chi connectivity index (χ1n) is 3.54. The molecule has 0 saturated carbocycles. The Labute approximate surface area is 70.0 Å². The van der Waals surface area contributed by atoms with Crippen LogP contribution in [0.5, 0.6) is 0 Å². The smallest absolute Gasteiger partial charge is 0.242 e. The predicted octanol–water partition coefficient (Wildman–Crippen LogP) is -0.238. The molecule has 5 nitrogen and oxygen atoms in total. The molecule has 3 N–H and O–H groups in total. The highest BCUT2D eigenvalue weighted by Gasteiger charge is 2.07. The van der Waals surface area contributed by atoms with Crippen LogP contribution in [0.4, 0.5) is 5.82 Å². The summed E-state index contributed by atoms with van der Waals surface area (Å²) in [6, 6.07) is 2.80. The van der Waals surface area contributed by atoms with E-state index in [9.17, 15) is 4.79 Å². The summed E-state index contributed by atoms with van der Waals surface area (Å²) in [4.78, 5) is 11.0. The maximum Gasteiger partial charge on any atom is 0.242 e. The Hall–Kier alpha value is -1.49. The topological polar surface area (TPSA) is 80.9 Å². The molecule has 0 aliphatic heterocycles. The lowest BCUT2D eigenvalue weighted by atomic mass is 10.3. The SMILES string of the molecule is C[C@H](N)C(=O)Nc1cccnn1. The van der Waals surface area contributed by atoms with Crippen molar-refractivity contribution in [2.45, 2.75) is 13.0 Å². The monoisotopic (exact) mass is 166 g/mol. The second-order valence-corrected chi connectivity index (χ2v) is 2.39. The molecule has 0 aliphatic rings. The molecule has 64 valence electrons. The van der Waals surface area contributed by atoms with E-state index >= 15 is 0 Å². The van der Waals surface area contributed by atoms with Crippen molar-refractivity contribution >= 4 is 11.7 Å². The number of nitrogens with two attached hydrogens (primary N) is 1. The number of hydrogen-bond donors (Lipinski definition) is 2. The van der Waals surface area contributed by atoms with Gasteiger partial charge >= 0.3 is 0 Å². The Bertz CT molecular complexity index is 259. The minimum Gasteiger partial charge on any atom is -0.320 e. The minimum atomic E-state index is -0.535. The summed E-state index contributed by atoms with van der Waals surface area (Å²) in [7, 11) is 0. The molecule has 0 spiro atoms. The van der Waals surface area contributed by atoms with Crippen LogP contribution >= 0.6 is 0 Å². The minimum absolute atomic E-state index is 0.268. The van der Waals surface area contributed by atoms with E-state index < -0.39 is 6.04 Å². The van der Waals surface area contributed by atoms with Crippen molar-refractivity contribution in [2.24, 2.45) is 5.73 Å². The fourth-order valence-corrected chi connectivity index (χ4v) is 0.608. The Morgan fingerprint density at radius 3 is 3.00 bits per heavy atom. The first-order chi connectivity index (χ1) is 5.70. The third kappa shape index (κ3) is 2.28. The summed E-state index contributed by atoms with van der Waals surface area (Å²) in [5, 5.41) is 9.76. The highest BCUT2D eigenvalue weighted by molar-refractivity contribution is 5.93. The van der Waals surface area contributed by atoms with Crippen molar-refractivity contribution in [3.8, 4) is 0 Å². The molecule has 0 saturated heterocycles. The molecular formula is C7H10N4O. The summed E-state index contributed by atoms with van der Waals surface area (Å²) in [6.07, 6.45) is 1.53. The summed E-state index contributed by atoms with van der Waals surface area (Å²) >= 11 is 0. The van der Waals surface area contributed by atoms with Crippen LogP contribution in [0.3, 0.4) is 0 Å². The first-order valence-corrected chi connectivity index (χ1v) is 3.54. The second kappa shape index (κ2) is 3.77. The number of nitrogens with one attached hydrogen (secondary N) is 1. The zero-order chi connectivity index (χ0) is 8.97. The van der Waals surface area contributed by atoms with Gasteiger partial charge in [-0.15, -0.1) is 5.10 Å². The quantitative estimate of drug-likeness (QED) is 0.635. The predicted molar refractivity (Wildman–Crippen MR) is 44.3 cm³/mol. The Morgan fingerprint density at radius 1 is 1.75 bits per heavy atom. The van der Waals surface area contributed by atoms with Crippen molar-refractivity contribution in [3.63, 3.8) is 0 Å². The molecule has 0 aromatic carbocycles. The van der Waals surface area contributed by atoms with Crippen LogP contribution in [0.15, 0.2) is 18.3 Å². The standard InChI is InChI=1S/C7H10N4O/c1-5(8)7(12)10-6-3-2-4-9-11-6/h2-5H,8H2,1H3,(H,10,11,12)/t5-/m0/s1. The van der Waals surface area contributed by atoms with E-state index in [0.29, 0.717) is 5.82 Å². The van der Waals surface area contributed by atoms with E-state index in [1.165, 1.54) is 6.20 Å². The Kier molecular flexibility index (Phi) is 2.71. The number of hydrogen-bond acceptors (Lipinski definition) is 4. The summed E-state index contributed by atoms with van der Waals surface area (Å²) in [5.74, 6) is 0.148. The average molecular weight is 166 g/mol. The van der Waals surface area contributed by atoms with Gasteiger partial charge in [-0.25, -0.2) is 0 Å². The zero-order valence-electron chi connectivity index (χ0n) is 6.69. The van der Waals surface area contributed by atoms with Gasteiger partial charge in [-0.1, -0.05) is 0 Å². The third-order valence-corrected chi connectivity index (χ3v) is 1.24. The van der Waals surface area contributed by atoms with Gasteiger partial charge in [0.15, 0.2) is 5.82 Å². The van der Waals surface area contributed by atoms with Crippen molar-refractivity contribution in [2.75, 3.05) is 5.32 Å². The molecule has 0 aliphatic carbocycles. The van der Waals surface area contributed by atoms with Crippen LogP contribution in [-0.4, -0.2) is 22.1 Å². The molecule has 5 heteroatoms.